The van der Waals surface area contributed by atoms with Gasteiger partial charge >= 0.3 is 0 Å². The van der Waals surface area contributed by atoms with Crippen molar-refractivity contribution in [2.75, 3.05) is 18.0 Å². The predicted octanol–water partition coefficient (Wildman–Crippen LogP) is 4.71. The van der Waals surface area contributed by atoms with Crippen molar-refractivity contribution in [1.29, 1.82) is 0 Å². The monoisotopic (exact) mass is 482 g/mol. The molecule has 1 saturated carbocycles. The van der Waals surface area contributed by atoms with Crippen LogP contribution in [-0.2, 0) is 4.79 Å². The molecule has 6 nitrogen and oxygen atoms in total. The fraction of sp³-hybridized carbons (Fsp3) is 0.520. The number of hydrogen-bond donors (Lipinski definition) is 0. The van der Waals surface area contributed by atoms with Crippen LogP contribution in [0, 0.1) is 11.8 Å². The highest BCUT2D eigenvalue weighted by Gasteiger charge is 2.38. The molecule has 8 heteroatoms. The van der Waals surface area contributed by atoms with Crippen LogP contribution in [0.25, 0.3) is 11.7 Å². The predicted molar refractivity (Wildman–Crippen MR) is 139 cm³/mol. The average Bonchev–Trinajstić information content (AvgIpc) is 3.08. The van der Waals surface area contributed by atoms with Gasteiger partial charge in [0.05, 0.1) is 10.5 Å². The molecule has 0 radical (unpaired) electrons. The number of rotatable bonds is 3. The van der Waals surface area contributed by atoms with Crippen molar-refractivity contribution in [2.45, 2.75) is 58.4 Å². The first kappa shape index (κ1) is 22.6. The van der Waals surface area contributed by atoms with Crippen LogP contribution in [-0.4, -0.2) is 43.6 Å². The Kier molecular flexibility index (Phi) is 6.31. The number of hydrogen-bond acceptors (Lipinski definition) is 6. The number of carbonyl (C=O) groups is 1. The molecule has 2 unspecified atom stereocenters. The van der Waals surface area contributed by atoms with E-state index in [-0.39, 0.29) is 17.5 Å². The summed E-state index contributed by atoms with van der Waals surface area (Å²) in [6.07, 6.45) is 10.1. The van der Waals surface area contributed by atoms with Crippen molar-refractivity contribution in [3.8, 4) is 0 Å². The quantitative estimate of drug-likeness (QED) is 0.466. The molecule has 0 N–H and O–H groups in total. The van der Waals surface area contributed by atoms with Crippen molar-refractivity contribution in [3.63, 3.8) is 0 Å². The summed E-state index contributed by atoms with van der Waals surface area (Å²) in [6, 6.07) is 5.75. The van der Waals surface area contributed by atoms with E-state index in [2.05, 4.69) is 18.7 Å². The maximum absolute atomic E-state index is 13.6. The number of thioether (sulfide) groups is 1. The maximum Gasteiger partial charge on any atom is 0.267 e. The molecular formula is C25H30N4O2S2. The molecule has 1 aliphatic carbocycles. The van der Waals surface area contributed by atoms with Gasteiger partial charge in [-0.05, 0) is 49.3 Å². The standard InChI is InChI=1S/C25H30N4O2S2/c1-16-12-17(2)15-27(14-16)22-19(23(30)28-11-7-6-10-21(28)26-22)13-20-24(31)29(25(32)33-20)18-8-4-3-5-9-18/h6-7,10-11,13,16-18H,3-5,8-9,12,14-15H2,1-2H3/b20-13+. The molecule has 2 aromatic heterocycles. The van der Waals surface area contributed by atoms with Gasteiger partial charge < -0.3 is 4.90 Å². The third-order valence-corrected chi connectivity index (χ3v) is 8.29. The Morgan fingerprint density at radius 3 is 2.55 bits per heavy atom. The van der Waals surface area contributed by atoms with Crippen molar-refractivity contribution in [2.24, 2.45) is 11.8 Å². The van der Waals surface area contributed by atoms with Crippen molar-refractivity contribution in [3.05, 3.63) is 45.2 Å². The Bertz CT molecular complexity index is 1170. The van der Waals surface area contributed by atoms with E-state index in [9.17, 15) is 9.59 Å². The second-order valence-corrected chi connectivity index (χ2v) is 11.5. The number of anilines is 1. The van der Waals surface area contributed by atoms with Gasteiger partial charge in [0.25, 0.3) is 11.5 Å². The van der Waals surface area contributed by atoms with Gasteiger partial charge in [-0.2, -0.15) is 0 Å². The first-order chi connectivity index (χ1) is 15.9. The van der Waals surface area contributed by atoms with Gasteiger partial charge in [-0.3, -0.25) is 18.9 Å². The van der Waals surface area contributed by atoms with Gasteiger partial charge in [0.2, 0.25) is 0 Å². The SMILES string of the molecule is CC1CC(C)CN(c2nc3ccccn3c(=O)c2/C=C2/SC(=S)N(C3CCCCC3)C2=O)C1. The summed E-state index contributed by atoms with van der Waals surface area (Å²) in [7, 11) is 0. The first-order valence-corrected chi connectivity index (χ1v) is 13.2. The normalized spacial score (nSPS) is 26.1. The zero-order valence-electron chi connectivity index (χ0n) is 19.2. The van der Waals surface area contributed by atoms with Crippen LogP contribution in [0.1, 0.15) is 57.9 Å². The van der Waals surface area contributed by atoms with Crippen molar-refractivity contribution >= 4 is 51.7 Å². The summed E-state index contributed by atoms with van der Waals surface area (Å²) in [5, 5.41) is 0. The van der Waals surface area contributed by atoms with Crippen LogP contribution < -0.4 is 10.5 Å². The fourth-order valence-corrected chi connectivity index (χ4v) is 6.94. The number of pyridine rings is 1. The second kappa shape index (κ2) is 9.22. The van der Waals surface area contributed by atoms with Crippen molar-refractivity contribution < 1.29 is 4.79 Å². The van der Waals surface area contributed by atoms with Gasteiger partial charge in [-0.25, -0.2) is 4.98 Å². The van der Waals surface area contributed by atoms with E-state index < -0.39 is 0 Å². The van der Waals surface area contributed by atoms with Crippen LogP contribution >= 0.6 is 24.0 Å². The molecule has 2 saturated heterocycles. The molecule has 33 heavy (non-hydrogen) atoms. The summed E-state index contributed by atoms with van der Waals surface area (Å²) in [6.45, 7) is 6.18. The van der Waals surface area contributed by atoms with Crippen LogP contribution in [0.5, 0.6) is 0 Å². The summed E-state index contributed by atoms with van der Waals surface area (Å²) in [4.78, 5) is 36.4. The number of carbonyl (C=O) groups excluding carboxylic acids is 1. The molecule has 3 fully saturated rings. The maximum atomic E-state index is 13.6. The van der Waals surface area contributed by atoms with Gasteiger partial charge in [0.1, 0.15) is 15.8 Å². The Balaban J connectivity index is 1.59. The average molecular weight is 483 g/mol. The lowest BCUT2D eigenvalue weighted by Crippen LogP contribution is -2.41. The highest BCUT2D eigenvalue weighted by atomic mass is 32.2. The topological polar surface area (TPSA) is 57.9 Å². The molecule has 5 rings (SSSR count). The highest BCUT2D eigenvalue weighted by molar-refractivity contribution is 8.26. The van der Waals surface area contributed by atoms with Crippen LogP contribution in [0.3, 0.4) is 0 Å². The number of piperidine rings is 1. The second-order valence-electron chi connectivity index (χ2n) is 9.78. The minimum atomic E-state index is -0.149. The van der Waals surface area contributed by atoms with E-state index in [0.717, 1.165) is 38.8 Å². The summed E-state index contributed by atoms with van der Waals surface area (Å²) in [5.74, 6) is 1.64. The lowest BCUT2D eigenvalue weighted by atomic mass is 9.91. The molecule has 1 amide bonds. The molecule has 0 bridgehead atoms. The van der Waals surface area contributed by atoms with E-state index in [0.29, 0.717) is 38.1 Å². The smallest absolute Gasteiger partial charge is 0.267 e. The van der Waals surface area contributed by atoms with Crippen LogP contribution in [0.4, 0.5) is 5.82 Å². The lowest BCUT2D eigenvalue weighted by molar-refractivity contribution is -0.124. The molecule has 174 valence electrons. The number of aromatic nitrogens is 2. The van der Waals surface area contributed by atoms with Gasteiger partial charge in [0, 0.05) is 25.3 Å². The van der Waals surface area contributed by atoms with Gasteiger partial charge in [0.15, 0.2) is 0 Å². The van der Waals surface area contributed by atoms with E-state index in [1.54, 1.807) is 21.6 Å². The highest BCUT2D eigenvalue weighted by Crippen LogP contribution is 2.38. The van der Waals surface area contributed by atoms with E-state index >= 15 is 0 Å². The minimum Gasteiger partial charge on any atom is -0.355 e. The zero-order chi connectivity index (χ0) is 23.1. The number of thiocarbonyl (C=S) groups is 1. The summed E-state index contributed by atoms with van der Waals surface area (Å²) < 4.78 is 2.17. The molecule has 2 atom stereocenters. The molecule has 0 spiro atoms. The molecule has 4 heterocycles. The Hall–Kier alpha value is -2.19. The van der Waals surface area contributed by atoms with E-state index in [4.69, 9.17) is 17.2 Å². The Morgan fingerprint density at radius 1 is 1.09 bits per heavy atom. The molecule has 2 aliphatic heterocycles. The van der Waals surface area contributed by atoms with Gasteiger partial charge in [-0.1, -0.05) is 63.2 Å². The number of fused-ring (bicyclic) bond motifs is 1. The van der Waals surface area contributed by atoms with Crippen LogP contribution in [0.15, 0.2) is 34.1 Å². The number of nitrogens with zero attached hydrogens (tertiary/aromatic N) is 4. The molecule has 0 aromatic carbocycles. The molecule has 3 aliphatic rings. The lowest BCUT2D eigenvalue weighted by Gasteiger charge is -2.36. The molecule has 2 aromatic rings. The minimum absolute atomic E-state index is 0.0687. The largest absolute Gasteiger partial charge is 0.355 e. The Morgan fingerprint density at radius 2 is 1.82 bits per heavy atom. The third-order valence-electron chi connectivity index (χ3n) is 6.96. The Labute approximate surface area is 204 Å². The summed E-state index contributed by atoms with van der Waals surface area (Å²) >= 11 is 6.92. The first-order valence-electron chi connectivity index (χ1n) is 12.0. The summed E-state index contributed by atoms with van der Waals surface area (Å²) in [5.41, 5.74) is 0.948. The van der Waals surface area contributed by atoms with E-state index in [1.165, 1.54) is 24.6 Å². The third kappa shape index (κ3) is 4.35. The fourth-order valence-electron chi connectivity index (χ4n) is 5.56. The van der Waals surface area contributed by atoms with Crippen LogP contribution in [0.2, 0.25) is 0 Å². The molecular weight excluding hydrogens is 452 g/mol. The van der Waals surface area contributed by atoms with Crippen molar-refractivity contribution in [1.82, 2.24) is 14.3 Å². The van der Waals surface area contributed by atoms with E-state index in [1.807, 2.05) is 18.2 Å². The van der Waals surface area contributed by atoms with Gasteiger partial charge in [-0.15, -0.1) is 0 Å². The number of amides is 1. The zero-order valence-corrected chi connectivity index (χ0v) is 20.8.